The van der Waals surface area contributed by atoms with E-state index in [-0.39, 0.29) is 22.5 Å². The molecule has 5 nitrogen and oxygen atoms in total. The second-order valence-corrected chi connectivity index (χ2v) is 8.09. The minimum atomic E-state index is -1.52. The maximum Gasteiger partial charge on any atom is 0.285 e. The lowest BCUT2D eigenvalue weighted by Gasteiger charge is -2.42. The van der Waals surface area contributed by atoms with Crippen LogP contribution in [0.4, 0.5) is 0 Å². The lowest BCUT2D eigenvalue weighted by atomic mass is 9.77. The maximum absolute atomic E-state index is 13.7. The molecule has 4 atom stereocenters. The van der Waals surface area contributed by atoms with Crippen LogP contribution in [-0.4, -0.2) is 39.8 Å². The number of carbonyl (C=O) groups excluding carboxylic acids is 1. The Morgan fingerprint density at radius 3 is 2.44 bits per heavy atom. The smallest absolute Gasteiger partial charge is 0.285 e. The third-order valence-electron chi connectivity index (χ3n) is 7.01. The summed E-state index contributed by atoms with van der Waals surface area (Å²) in [6.45, 7) is 3.38. The molecule has 0 N–H and O–H groups in total. The first kappa shape index (κ1) is 16.7. The van der Waals surface area contributed by atoms with Gasteiger partial charge in [0.25, 0.3) is 5.54 Å². The van der Waals surface area contributed by atoms with Crippen molar-refractivity contribution in [2.24, 2.45) is 5.92 Å². The highest BCUT2D eigenvalue weighted by Gasteiger charge is 2.75. The molecule has 0 aromatic heterocycles. The number of Topliss-reactive ketones (excluding diaryl/α,β-unsaturated/α-hetero) is 1. The second-order valence-electron chi connectivity index (χ2n) is 8.09. The number of ketones is 1. The molecule has 1 heterocycles. The standard InChI is InChI=1S/C20H26N2O3/c1-19(22(24)25)17(15-9-4-2-5-10-15)16-11-8-12-20(16,18(19)23)21-13-6-3-7-14-21/h2,4-5,9-10,16-17H,3,6-8,11-14H2,1H3. The molecule has 3 aliphatic rings. The third kappa shape index (κ3) is 2.14. The van der Waals surface area contributed by atoms with Crippen LogP contribution < -0.4 is 0 Å². The summed E-state index contributed by atoms with van der Waals surface area (Å²) in [5, 5.41) is 12.1. The van der Waals surface area contributed by atoms with Gasteiger partial charge in [-0.25, -0.2) is 0 Å². The molecular formula is C20H26N2O3. The molecule has 2 saturated carbocycles. The fourth-order valence-corrected chi connectivity index (χ4v) is 5.95. The zero-order valence-electron chi connectivity index (χ0n) is 14.8. The van der Waals surface area contributed by atoms with E-state index in [4.69, 9.17) is 0 Å². The van der Waals surface area contributed by atoms with E-state index < -0.39 is 11.1 Å². The van der Waals surface area contributed by atoms with Crippen molar-refractivity contribution in [1.29, 1.82) is 0 Å². The summed E-state index contributed by atoms with van der Waals surface area (Å²) in [6, 6.07) is 9.71. The summed E-state index contributed by atoms with van der Waals surface area (Å²) < 4.78 is 0. The van der Waals surface area contributed by atoms with Crippen LogP contribution in [0.5, 0.6) is 0 Å². The van der Waals surface area contributed by atoms with Gasteiger partial charge in [-0.2, -0.15) is 0 Å². The number of fused-ring (bicyclic) bond motifs is 1. The number of piperidine rings is 1. The van der Waals surface area contributed by atoms with E-state index >= 15 is 0 Å². The van der Waals surface area contributed by atoms with Crippen LogP contribution in [0.3, 0.4) is 0 Å². The summed E-state index contributed by atoms with van der Waals surface area (Å²) in [6.07, 6.45) is 6.05. The molecule has 5 heteroatoms. The van der Waals surface area contributed by atoms with Crippen molar-refractivity contribution in [3.63, 3.8) is 0 Å². The Labute approximate surface area is 148 Å². The predicted molar refractivity (Wildman–Crippen MR) is 95.1 cm³/mol. The number of rotatable bonds is 3. The number of nitro groups is 1. The number of carbonyl (C=O) groups is 1. The van der Waals surface area contributed by atoms with E-state index in [0.717, 1.165) is 50.8 Å². The van der Waals surface area contributed by atoms with Crippen LogP contribution in [-0.2, 0) is 4.79 Å². The topological polar surface area (TPSA) is 63.5 Å². The summed E-state index contributed by atoms with van der Waals surface area (Å²) >= 11 is 0. The molecule has 4 rings (SSSR count). The molecular weight excluding hydrogens is 316 g/mol. The highest BCUT2D eigenvalue weighted by Crippen LogP contribution is 2.60. The average molecular weight is 342 g/mol. The number of benzene rings is 1. The van der Waals surface area contributed by atoms with Crippen LogP contribution in [0.1, 0.15) is 56.9 Å². The van der Waals surface area contributed by atoms with Crippen LogP contribution in [0.25, 0.3) is 0 Å². The lowest BCUT2D eigenvalue weighted by Crippen LogP contribution is -2.59. The Balaban J connectivity index is 1.86. The largest absolute Gasteiger partial charge is 0.291 e. The van der Waals surface area contributed by atoms with Crippen LogP contribution >= 0.6 is 0 Å². The van der Waals surface area contributed by atoms with Crippen molar-refractivity contribution in [2.75, 3.05) is 13.1 Å². The van der Waals surface area contributed by atoms with Crippen molar-refractivity contribution in [1.82, 2.24) is 4.90 Å². The normalized spacial score (nSPS) is 38.7. The molecule has 4 unspecified atom stereocenters. The molecule has 1 aromatic carbocycles. The lowest BCUT2D eigenvalue weighted by molar-refractivity contribution is -0.550. The summed E-state index contributed by atoms with van der Waals surface area (Å²) in [7, 11) is 0. The van der Waals surface area contributed by atoms with Gasteiger partial charge in [0.1, 0.15) is 0 Å². The SMILES string of the molecule is CC1([N+](=O)[O-])C(=O)C2(N3CCCCC3)CCCC2C1c1ccccc1. The molecule has 0 radical (unpaired) electrons. The molecule has 134 valence electrons. The van der Waals surface area contributed by atoms with E-state index in [1.807, 2.05) is 30.3 Å². The second kappa shape index (κ2) is 5.90. The summed E-state index contributed by atoms with van der Waals surface area (Å²) in [5.41, 5.74) is -1.20. The van der Waals surface area contributed by atoms with Gasteiger partial charge in [-0.05, 0) is 50.3 Å². The predicted octanol–water partition coefficient (Wildman–Crippen LogP) is 3.41. The maximum atomic E-state index is 13.7. The fraction of sp³-hybridized carbons (Fsp3) is 0.650. The van der Waals surface area contributed by atoms with E-state index in [9.17, 15) is 14.9 Å². The molecule has 0 spiro atoms. The number of nitrogens with zero attached hydrogens (tertiary/aromatic N) is 2. The van der Waals surface area contributed by atoms with Crippen molar-refractivity contribution >= 4 is 5.78 Å². The van der Waals surface area contributed by atoms with Gasteiger partial charge in [0.2, 0.25) is 5.78 Å². The molecule has 1 aliphatic heterocycles. The van der Waals surface area contributed by atoms with E-state index in [0.29, 0.717) is 0 Å². The van der Waals surface area contributed by atoms with Gasteiger partial charge >= 0.3 is 0 Å². The molecule has 0 bridgehead atoms. The number of hydrogen-bond acceptors (Lipinski definition) is 4. The zero-order chi connectivity index (χ0) is 17.7. The van der Waals surface area contributed by atoms with E-state index in [2.05, 4.69) is 4.90 Å². The highest BCUT2D eigenvalue weighted by molar-refractivity contribution is 6.00. The van der Waals surface area contributed by atoms with Crippen molar-refractivity contribution in [3.05, 3.63) is 46.0 Å². The van der Waals surface area contributed by atoms with Gasteiger partial charge < -0.3 is 0 Å². The Morgan fingerprint density at radius 2 is 1.80 bits per heavy atom. The molecule has 1 aromatic rings. The van der Waals surface area contributed by atoms with Crippen molar-refractivity contribution < 1.29 is 9.72 Å². The first-order chi connectivity index (χ1) is 12.0. The van der Waals surface area contributed by atoms with Gasteiger partial charge in [-0.15, -0.1) is 0 Å². The Morgan fingerprint density at radius 1 is 1.12 bits per heavy atom. The monoisotopic (exact) mass is 342 g/mol. The van der Waals surface area contributed by atoms with Crippen molar-refractivity contribution in [3.8, 4) is 0 Å². The summed E-state index contributed by atoms with van der Waals surface area (Å²) in [4.78, 5) is 27.8. The first-order valence-corrected chi connectivity index (χ1v) is 9.52. The summed E-state index contributed by atoms with van der Waals surface area (Å²) in [5.74, 6) is -0.417. The van der Waals surface area contributed by atoms with Gasteiger partial charge in [0.15, 0.2) is 0 Å². The number of hydrogen-bond donors (Lipinski definition) is 0. The molecule has 25 heavy (non-hydrogen) atoms. The van der Waals surface area contributed by atoms with Crippen LogP contribution in [0.2, 0.25) is 0 Å². The van der Waals surface area contributed by atoms with Crippen molar-refractivity contribution in [2.45, 2.75) is 62.4 Å². The van der Waals surface area contributed by atoms with Gasteiger partial charge in [-0.1, -0.05) is 43.2 Å². The zero-order valence-corrected chi connectivity index (χ0v) is 14.8. The van der Waals surface area contributed by atoms with Crippen LogP contribution in [0, 0.1) is 16.0 Å². The van der Waals surface area contributed by atoms with Gasteiger partial charge in [0, 0.05) is 11.8 Å². The fourth-order valence-electron chi connectivity index (χ4n) is 5.95. The Kier molecular flexibility index (Phi) is 3.95. The molecule has 3 fully saturated rings. The van der Waals surface area contributed by atoms with Crippen LogP contribution in [0.15, 0.2) is 30.3 Å². The van der Waals surface area contributed by atoms with E-state index in [1.165, 1.54) is 6.42 Å². The van der Waals surface area contributed by atoms with Gasteiger partial charge in [-0.3, -0.25) is 19.8 Å². The average Bonchev–Trinajstić information content (AvgIpc) is 3.14. The minimum Gasteiger partial charge on any atom is -0.291 e. The molecule has 1 saturated heterocycles. The quantitative estimate of drug-likeness (QED) is 0.624. The highest BCUT2D eigenvalue weighted by atomic mass is 16.6. The third-order valence-corrected chi connectivity index (χ3v) is 7.01. The first-order valence-electron chi connectivity index (χ1n) is 9.52. The Hall–Kier alpha value is -1.75. The van der Waals surface area contributed by atoms with E-state index in [1.54, 1.807) is 6.92 Å². The molecule has 2 aliphatic carbocycles. The minimum absolute atomic E-state index is 0.0518. The Bertz CT molecular complexity index is 685. The number of likely N-dealkylation sites (tertiary alicyclic amines) is 1. The van der Waals surface area contributed by atoms with Gasteiger partial charge in [0.05, 0.1) is 11.5 Å². The molecule has 0 amide bonds.